The molecule has 0 saturated carbocycles. The summed E-state index contributed by atoms with van der Waals surface area (Å²) in [5, 5.41) is 2.73. The first-order valence-electron chi connectivity index (χ1n) is 28.9. The highest BCUT2D eigenvalue weighted by molar-refractivity contribution is 9.11. The zero-order chi connectivity index (χ0) is 55.0. The first-order valence-corrected chi connectivity index (χ1v) is 30.5. The molecule has 1 heterocycles. The van der Waals surface area contributed by atoms with E-state index in [2.05, 4.69) is 152 Å². The Bertz CT molecular complexity index is 2360. The number of halogens is 2. The summed E-state index contributed by atoms with van der Waals surface area (Å²) in [6, 6.07) is 35.3. The maximum absolute atomic E-state index is 11.9. The third kappa shape index (κ3) is 21.9. The molecular weight excluding hydrogens is 1050 g/mol. The molecule has 0 aliphatic carbocycles. The van der Waals surface area contributed by atoms with Crippen molar-refractivity contribution < 1.29 is 18.8 Å². The maximum atomic E-state index is 11.9. The van der Waals surface area contributed by atoms with Crippen molar-refractivity contribution >= 4 is 56.2 Å². The lowest BCUT2D eigenvalue weighted by molar-refractivity contribution is 0.00578. The molecule has 75 heavy (non-hydrogen) atoms. The number of amides is 1. The average Bonchev–Trinajstić information content (AvgIpc) is 3.58. The van der Waals surface area contributed by atoms with Gasteiger partial charge in [-0.15, -0.1) is 0 Å². The van der Waals surface area contributed by atoms with E-state index in [0.29, 0.717) is 5.69 Å². The molecule has 5 aromatic rings. The molecule has 1 N–H and O–H groups in total. The fourth-order valence-corrected chi connectivity index (χ4v) is 10.6. The number of hydrogen-bond acceptors (Lipinski definition) is 4. The number of unbranched alkanes of at least 4 members (excludes halogenated alkanes) is 12. The van der Waals surface area contributed by atoms with Crippen LogP contribution < -0.4 is 10.8 Å². The van der Waals surface area contributed by atoms with Gasteiger partial charge in [-0.3, -0.25) is 5.32 Å². The standard InChI is InChI=1S/C32H42.C18H28Br2.C17H26BNO4/c1-5-7-9-11-17-29-23-32(28-20-14-16-26(4)22-28)30(18-12-10-8-6-2)24-31(29)27-19-13-15-25(3)21-27;1-3-5-7-9-11-15-13-18(20)16(14-17(15)19)12-10-8-6-4-2;1-15(2,3)21-14(20)19-13-10-8-9-12(11-13)18-22-16(4,5)17(6,7)23-18/h13-16,19-24H,5-12,17-18H2,1-4H3;13-14H,3-12H2,1-2H3;8-11H,1-7H3,(H,19,20). The molecule has 1 saturated heterocycles. The first kappa shape index (κ1) is 63.8. The molecule has 0 radical (unpaired) electrons. The molecular formula is C67H96BBr2NO4. The normalized spacial score (nSPS) is 13.7. The highest BCUT2D eigenvalue weighted by atomic mass is 79.9. The Balaban J connectivity index is 0.000000252. The molecule has 0 atom stereocenters. The molecule has 1 fully saturated rings. The molecule has 5 nitrogen and oxygen atoms in total. The van der Waals surface area contributed by atoms with Crippen molar-refractivity contribution in [3.8, 4) is 22.3 Å². The number of nitrogens with one attached hydrogen (secondary N) is 1. The summed E-state index contributed by atoms with van der Waals surface area (Å²) in [5.41, 5.74) is 14.4. The third-order valence-corrected chi connectivity index (χ3v) is 15.9. The van der Waals surface area contributed by atoms with E-state index >= 15 is 0 Å². The van der Waals surface area contributed by atoms with Gasteiger partial charge in [-0.2, -0.15) is 0 Å². The van der Waals surface area contributed by atoms with E-state index in [4.69, 9.17) is 14.0 Å². The average molecular weight is 1150 g/mol. The topological polar surface area (TPSA) is 56.8 Å². The Morgan fingerprint density at radius 1 is 0.520 bits per heavy atom. The zero-order valence-corrected chi connectivity index (χ0v) is 52.0. The van der Waals surface area contributed by atoms with Crippen LogP contribution in [0.1, 0.15) is 212 Å². The lowest BCUT2D eigenvalue weighted by Gasteiger charge is -2.32. The number of hydrogen-bond donors (Lipinski definition) is 1. The molecule has 410 valence electrons. The summed E-state index contributed by atoms with van der Waals surface area (Å²) in [5.74, 6) is 0. The van der Waals surface area contributed by atoms with E-state index in [1.807, 2.05) is 66.7 Å². The number of rotatable bonds is 24. The van der Waals surface area contributed by atoms with Gasteiger partial charge in [-0.05, 0) is 188 Å². The highest BCUT2D eigenvalue weighted by Gasteiger charge is 2.51. The second-order valence-corrected chi connectivity index (χ2v) is 24.7. The van der Waals surface area contributed by atoms with Crippen molar-refractivity contribution in [2.45, 2.75) is 235 Å². The molecule has 0 aromatic heterocycles. The lowest BCUT2D eigenvalue weighted by atomic mass is 9.79. The van der Waals surface area contributed by atoms with Crippen molar-refractivity contribution in [3.05, 3.63) is 139 Å². The Labute approximate surface area is 474 Å². The van der Waals surface area contributed by atoms with Crippen LogP contribution in [0, 0.1) is 13.8 Å². The second kappa shape index (κ2) is 32.3. The molecule has 1 amide bonds. The van der Waals surface area contributed by atoms with E-state index < -0.39 is 30.0 Å². The Kier molecular flexibility index (Phi) is 27.5. The summed E-state index contributed by atoms with van der Waals surface area (Å²) in [4.78, 5) is 11.9. The van der Waals surface area contributed by atoms with Gasteiger partial charge in [0.15, 0.2) is 0 Å². The molecule has 1 aliphatic heterocycles. The van der Waals surface area contributed by atoms with Crippen LogP contribution in [0.4, 0.5) is 10.5 Å². The van der Waals surface area contributed by atoms with Crippen LogP contribution in [0.15, 0.2) is 106 Å². The lowest BCUT2D eigenvalue weighted by Crippen LogP contribution is -2.41. The highest BCUT2D eigenvalue weighted by Crippen LogP contribution is 2.38. The zero-order valence-electron chi connectivity index (χ0n) is 48.8. The number of ether oxygens (including phenoxy) is 1. The summed E-state index contributed by atoms with van der Waals surface area (Å²) in [6.07, 6.45) is 25.3. The van der Waals surface area contributed by atoms with Crippen molar-refractivity contribution in [2.75, 3.05) is 5.32 Å². The summed E-state index contributed by atoms with van der Waals surface area (Å²) in [6.45, 7) is 27.0. The Morgan fingerprint density at radius 3 is 1.28 bits per heavy atom. The minimum Gasteiger partial charge on any atom is -0.444 e. The fourth-order valence-electron chi connectivity index (χ4n) is 9.41. The third-order valence-electron chi connectivity index (χ3n) is 14.5. The quantitative estimate of drug-likeness (QED) is 0.0494. The SMILES string of the molecule is CC(C)(C)OC(=O)Nc1cccc(B2OC(C)(C)C(C)(C)O2)c1.CCCCCCc1cc(-c2cccc(C)c2)c(CCCCCC)cc1-c1cccc(C)c1.CCCCCCc1cc(Br)c(CCCCCC)cc1Br. The second-order valence-electron chi connectivity index (χ2n) is 23.0. The van der Waals surface area contributed by atoms with Crippen LogP contribution in [0.3, 0.4) is 0 Å². The van der Waals surface area contributed by atoms with Crippen molar-refractivity contribution in [1.29, 1.82) is 0 Å². The smallest absolute Gasteiger partial charge is 0.444 e. The Morgan fingerprint density at radius 2 is 0.907 bits per heavy atom. The summed E-state index contributed by atoms with van der Waals surface area (Å²) in [7, 11) is -0.458. The number of carbonyl (C=O) groups excluding carboxylic acids is 1. The monoisotopic (exact) mass is 1150 g/mol. The molecule has 0 unspecified atom stereocenters. The number of aryl methyl sites for hydroxylation is 6. The minimum atomic E-state index is -0.534. The van der Waals surface area contributed by atoms with Crippen LogP contribution in [0.25, 0.3) is 22.3 Å². The van der Waals surface area contributed by atoms with Gasteiger partial charge in [-0.1, -0.05) is 221 Å². The number of benzene rings is 5. The molecule has 1 aliphatic rings. The van der Waals surface area contributed by atoms with E-state index in [0.717, 1.165) is 18.3 Å². The van der Waals surface area contributed by atoms with Crippen LogP contribution in [0.2, 0.25) is 0 Å². The minimum absolute atomic E-state index is 0.397. The van der Waals surface area contributed by atoms with E-state index in [9.17, 15) is 4.79 Å². The van der Waals surface area contributed by atoms with Gasteiger partial charge < -0.3 is 14.0 Å². The van der Waals surface area contributed by atoms with Gasteiger partial charge >= 0.3 is 13.2 Å². The molecule has 0 bridgehead atoms. The van der Waals surface area contributed by atoms with Crippen LogP contribution >= 0.6 is 31.9 Å². The predicted molar refractivity (Wildman–Crippen MR) is 332 cm³/mol. The summed E-state index contributed by atoms with van der Waals surface area (Å²) >= 11 is 7.50. The number of carbonyl (C=O) groups is 1. The van der Waals surface area contributed by atoms with E-state index in [1.165, 1.54) is 180 Å². The summed E-state index contributed by atoms with van der Waals surface area (Å²) < 4.78 is 19.9. The molecule has 6 rings (SSSR count). The molecule has 8 heteroatoms. The fraction of sp³-hybridized carbons (Fsp3) is 0.537. The van der Waals surface area contributed by atoms with Crippen molar-refractivity contribution in [1.82, 2.24) is 0 Å². The van der Waals surface area contributed by atoms with Crippen LogP contribution in [0.5, 0.6) is 0 Å². The maximum Gasteiger partial charge on any atom is 0.494 e. The van der Waals surface area contributed by atoms with Gasteiger partial charge in [0.05, 0.1) is 11.2 Å². The number of anilines is 1. The molecule has 0 spiro atoms. The van der Waals surface area contributed by atoms with Gasteiger partial charge in [0.1, 0.15) is 5.60 Å². The van der Waals surface area contributed by atoms with Crippen LogP contribution in [-0.2, 0) is 39.7 Å². The van der Waals surface area contributed by atoms with Gasteiger partial charge in [0, 0.05) is 14.6 Å². The van der Waals surface area contributed by atoms with Crippen molar-refractivity contribution in [3.63, 3.8) is 0 Å². The molecule has 5 aromatic carbocycles. The van der Waals surface area contributed by atoms with Crippen molar-refractivity contribution in [2.24, 2.45) is 0 Å². The predicted octanol–water partition coefficient (Wildman–Crippen LogP) is 20.7. The van der Waals surface area contributed by atoms with Gasteiger partial charge in [0.25, 0.3) is 0 Å². The van der Waals surface area contributed by atoms with E-state index in [-0.39, 0.29) is 0 Å². The van der Waals surface area contributed by atoms with Gasteiger partial charge in [0.2, 0.25) is 0 Å². The Hall–Kier alpha value is -3.69. The van der Waals surface area contributed by atoms with Crippen LogP contribution in [-0.4, -0.2) is 30.0 Å². The first-order chi connectivity index (χ1) is 35.7. The largest absolute Gasteiger partial charge is 0.494 e. The van der Waals surface area contributed by atoms with Gasteiger partial charge in [-0.25, -0.2) is 4.79 Å². The van der Waals surface area contributed by atoms with E-state index in [1.54, 1.807) is 6.07 Å².